The number of alkyl halides is 6. The van der Waals surface area contributed by atoms with Gasteiger partial charge < -0.3 is 10.6 Å². The van der Waals surface area contributed by atoms with E-state index in [1.54, 1.807) is 0 Å². The van der Waals surface area contributed by atoms with Gasteiger partial charge in [0.1, 0.15) is 0 Å². The van der Waals surface area contributed by atoms with Crippen LogP contribution in [0.5, 0.6) is 0 Å². The Labute approximate surface area is 142 Å². The van der Waals surface area contributed by atoms with Crippen molar-refractivity contribution in [1.82, 2.24) is 0 Å². The largest absolute Gasteiger partial charge is 0.416 e. The SMILES string of the molecule is O=C(Nc1ccc(C(F)(F)F)cc1)Nc1cc(C(F)(F)F)ccc1Cl. The summed E-state index contributed by atoms with van der Waals surface area (Å²) in [6.07, 6.45) is -9.14. The first kappa shape index (κ1) is 18.9. The van der Waals surface area contributed by atoms with E-state index in [-0.39, 0.29) is 16.4 Å². The van der Waals surface area contributed by atoms with Crippen molar-refractivity contribution in [3.8, 4) is 0 Å². The van der Waals surface area contributed by atoms with Crippen LogP contribution in [0.2, 0.25) is 5.02 Å². The van der Waals surface area contributed by atoms with Crippen molar-refractivity contribution in [2.45, 2.75) is 12.4 Å². The molecule has 3 nitrogen and oxygen atoms in total. The molecule has 0 aromatic heterocycles. The first-order valence-electron chi connectivity index (χ1n) is 6.59. The summed E-state index contributed by atoms with van der Waals surface area (Å²) in [5, 5.41) is 4.18. The van der Waals surface area contributed by atoms with Gasteiger partial charge in [-0.15, -0.1) is 0 Å². The number of amides is 2. The third kappa shape index (κ3) is 5.02. The molecule has 2 amide bonds. The molecule has 0 saturated carbocycles. The van der Waals surface area contributed by atoms with Gasteiger partial charge in [-0.25, -0.2) is 4.79 Å². The molecule has 0 aliphatic rings. The first-order chi connectivity index (χ1) is 11.5. The van der Waals surface area contributed by atoms with Gasteiger partial charge in [-0.2, -0.15) is 26.3 Å². The molecular formula is C15H9ClF6N2O. The van der Waals surface area contributed by atoms with Crippen LogP contribution in [0.1, 0.15) is 11.1 Å². The lowest BCUT2D eigenvalue weighted by Crippen LogP contribution is -2.20. The van der Waals surface area contributed by atoms with Gasteiger partial charge in [0.25, 0.3) is 0 Å². The van der Waals surface area contributed by atoms with Crippen molar-refractivity contribution >= 4 is 29.0 Å². The summed E-state index contributed by atoms with van der Waals surface area (Å²) >= 11 is 5.73. The number of hydrogen-bond donors (Lipinski definition) is 2. The Morgan fingerprint density at radius 1 is 0.800 bits per heavy atom. The Balaban J connectivity index is 2.10. The Bertz CT molecular complexity index is 771. The van der Waals surface area contributed by atoms with E-state index in [9.17, 15) is 31.1 Å². The molecule has 0 atom stereocenters. The van der Waals surface area contributed by atoms with Gasteiger partial charge in [-0.05, 0) is 42.5 Å². The monoisotopic (exact) mass is 382 g/mol. The molecule has 0 bridgehead atoms. The van der Waals surface area contributed by atoms with E-state index in [0.29, 0.717) is 6.07 Å². The molecule has 2 aromatic rings. The number of carbonyl (C=O) groups excluding carboxylic acids is 1. The van der Waals surface area contributed by atoms with Gasteiger partial charge in [0.15, 0.2) is 0 Å². The highest BCUT2D eigenvalue weighted by Gasteiger charge is 2.31. The van der Waals surface area contributed by atoms with Crippen LogP contribution < -0.4 is 10.6 Å². The Morgan fingerprint density at radius 2 is 1.32 bits per heavy atom. The molecule has 25 heavy (non-hydrogen) atoms. The molecule has 0 aliphatic carbocycles. The molecule has 2 aromatic carbocycles. The first-order valence-corrected chi connectivity index (χ1v) is 6.96. The molecule has 10 heteroatoms. The van der Waals surface area contributed by atoms with E-state index < -0.39 is 29.5 Å². The van der Waals surface area contributed by atoms with Gasteiger partial charge in [-0.3, -0.25) is 0 Å². The van der Waals surface area contributed by atoms with E-state index in [2.05, 4.69) is 10.6 Å². The summed E-state index contributed by atoms with van der Waals surface area (Å²) in [6.45, 7) is 0. The van der Waals surface area contributed by atoms with Gasteiger partial charge in [0.05, 0.1) is 21.8 Å². The fourth-order valence-electron chi connectivity index (χ4n) is 1.82. The minimum absolute atomic E-state index is 0.0219. The molecule has 0 heterocycles. The molecule has 0 radical (unpaired) electrons. The highest BCUT2D eigenvalue weighted by molar-refractivity contribution is 6.33. The van der Waals surface area contributed by atoms with E-state index in [1.807, 2.05) is 0 Å². The second-order valence-corrected chi connectivity index (χ2v) is 5.25. The van der Waals surface area contributed by atoms with Crippen LogP contribution in [-0.2, 0) is 12.4 Å². The van der Waals surface area contributed by atoms with E-state index in [0.717, 1.165) is 36.4 Å². The lowest BCUT2D eigenvalue weighted by Gasteiger charge is -2.13. The number of benzene rings is 2. The zero-order chi connectivity index (χ0) is 18.8. The zero-order valence-corrected chi connectivity index (χ0v) is 12.9. The van der Waals surface area contributed by atoms with Crippen LogP contribution in [0.3, 0.4) is 0 Å². The van der Waals surface area contributed by atoms with Gasteiger partial charge in [0.2, 0.25) is 0 Å². The van der Waals surface area contributed by atoms with Gasteiger partial charge in [0, 0.05) is 5.69 Å². The molecule has 2 N–H and O–H groups in total. The van der Waals surface area contributed by atoms with E-state index in [4.69, 9.17) is 11.6 Å². The average Bonchev–Trinajstić information content (AvgIpc) is 2.48. The average molecular weight is 383 g/mol. The van der Waals surface area contributed by atoms with Crippen molar-refractivity contribution in [2.75, 3.05) is 10.6 Å². The molecule has 0 aliphatic heterocycles. The third-order valence-corrected chi connectivity index (χ3v) is 3.34. The summed E-state index contributed by atoms with van der Waals surface area (Å²) in [6, 6.07) is 4.95. The summed E-state index contributed by atoms with van der Waals surface area (Å²) in [5.74, 6) is 0. The fraction of sp³-hybridized carbons (Fsp3) is 0.133. The Morgan fingerprint density at radius 3 is 1.84 bits per heavy atom. The normalized spacial score (nSPS) is 12.0. The van der Waals surface area contributed by atoms with Crippen molar-refractivity contribution in [3.63, 3.8) is 0 Å². The molecule has 0 saturated heterocycles. The highest BCUT2D eigenvalue weighted by Crippen LogP contribution is 2.34. The lowest BCUT2D eigenvalue weighted by atomic mass is 10.2. The summed E-state index contributed by atoms with van der Waals surface area (Å²) < 4.78 is 75.3. The lowest BCUT2D eigenvalue weighted by molar-refractivity contribution is -0.138. The summed E-state index contributed by atoms with van der Waals surface area (Å²) in [5.41, 5.74) is -2.18. The van der Waals surface area contributed by atoms with Crippen molar-refractivity contribution in [1.29, 1.82) is 0 Å². The minimum Gasteiger partial charge on any atom is -0.308 e. The Hall–Kier alpha value is -2.42. The molecular weight excluding hydrogens is 374 g/mol. The number of rotatable bonds is 2. The quantitative estimate of drug-likeness (QED) is 0.612. The van der Waals surface area contributed by atoms with Crippen molar-refractivity contribution in [3.05, 3.63) is 58.6 Å². The topological polar surface area (TPSA) is 41.1 Å². The molecule has 0 spiro atoms. The van der Waals surface area contributed by atoms with Crippen molar-refractivity contribution < 1.29 is 31.1 Å². The van der Waals surface area contributed by atoms with Crippen LogP contribution in [0, 0.1) is 0 Å². The van der Waals surface area contributed by atoms with Crippen LogP contribution in [0.15, 0.2) is 42.5 Å². The number of nitrogens with one attached hydrogen (secondary N) is 2. The van der Waals surface area contributed by atoms with Gasteiger partial charge in [-0.1, -0.05) is 11.6 Å². The number of carbonyl (C=O) groups is 1. The summed E-state index contributed by atoms with van der Waals surface area (Å²) in [7, 11) is 0. The van der Waals surface area contributed by atoms with Crippen LogP contribution in [0.4, 0.5) is 42.5 Å². The Kier molecular flexibility index (Phi) is 5.17. The predicted molar refractivity (Wildman–Crippen MR) is 80.5 cm³/mol. The molecule has 2 rings (SSSR count). The summed E-state index contributed by atoms with van der Waals surface area (Å²) in [4.78, 5) is 11.8. The number of urea groups is 1. The molecule has 134 valence electrons. The minimum atomic E-state index is -4.62. The molecule has 0 fully saturated rings. The maximum Gasteiger partial charge on any atom is 0.416 e. The maximum atomic E-state index is 12.7. The van der Waals surface area contributed by atoms with Gasteiger partial charge >= 0.3 is 18.4 Å². The van der Waals surface area contributed by atoms with E-state index >= 15 is 0 Å². The second-order valence-electron chi connectivity index (χ2n) is 4.85. The molecule has 0 unspecified atom stereocenters. The number of halogens is 7. The van der Waals surface area contributed by atoms with Crippen LogP contribution in [-0.4, -0.2) is 6.03 Å². The fourth-order valence-corrected chi connectivity index (χ4v) is 1.99. The smallest absolute Gasteiger partial charge is 0.308 e. The highest BCUT2D eigenvalue weighted by atomic mass is 35.5. The number of hydrogen-bond acceptors (Lipinski definition) is 1. The van der Waals surface area contributed by atoms with Crippen LogP contribution >= 0.6 is 11.6 Å². The number of anilines is 2. The van der Waals surface area contributed by atoms with Crippen LogP contribution in [0.25, 0.3) is 0 Å². The maximum absolute atomic E-state index is 12.7. The predicted octanol–water partition coefficient (Wildman–Crippen LogP) is 6.02. The van der Waals surface area contributed by atoms with E-state index in [1.165, 1.54) is 0 Å². The zero-order valence-electron chi connectivity index (χ0n) is 12.1. The third-order valence-electron chi connectivity index (χ3n) is 3.01. The standard InChI is InChI=1S/C15H9ClF6N2O/c16-11-6-3-9(15(20,21)22)7-12(11)24-13(25)23-10-4-1-8(2-5-10)14(17,18)19/h1-7H,(H2,23,24,25). The van der Waals surface area contributed by atoms with Crippen molar-refractivity contribution in [2.24, 2.45) is 0 Å². The second kappa shape index (κ2) is 6.83.